The number of carbonyl (C=O) groups excluding carboxylic acids is 3. The van der Waals surface area contributed by atoms with Crippen molar-refractivity contribution >= 4 is 18.0 Å². The van der Waals surface area contributed by atoms with Crippen molar-refractivity contribution in [1.29, 1.82) is 0 Å². The molecule has 206 valence electrons. The van der Waals surface area contributed by atoms with Crippen LogP contribution < -0.4 is 0 Å². The van der Waals surface area contributed by atoms with E-state index in [1.807, 2.05) is 13.0 Å². The van der Waals surface area contributed by atoms with Crippen LogP contribution in [0.15, 0.2) is 22.4 Å². The molecular formula is C32H43NO5. The third-order valence-electron chi connectivity index (χ3n) is 12.7. The molecule has 3 fully saturated rings. The highest BCUT2D eigenvalue weighted by molar-refractivity contribution is 5.95. The van der Waals surface area contributed by atoms with E-state index in [9.17, 15) is 14.4 Å². The fourth-order valence-corrected chi connectivity index (χ4v) is 10.9. The maximum atomic E-state index is 14.4. The summed E-state index contributed by atoms with van der Waals surface area (Å²) in [6, 6.07) is 0. The highest BCUT2D eigenvalue weighted by Gasteiger charge is 2.69. The number of allylic oxidation sites excluding steroid dienone is 2. The van der Waals surface area contributed by atoms with Gasteiger partial charge in [0.05, 0.1) is 24.6 Å². The van der Waals surface area contributed by atoms with Crippen LogP contribution in [0.2, 0.25) is 0 Å². The fourth-order valence-electron chi connectivity index (χ4n) is 10.9. The van der Waals surface area contributed by atoms with E-state index in [-0.39, 0.29) is 63.0 Å². The molecule has 1 heterocycles. The van der Waals surface area contributed by atoms with Crippen LogP contribution >= 0.6 is 0 Å². The van der Waals surface area contributed by atoms with Gasteiger partial charge in [-0.2, -0.15) is 0 Å². The Morgan fingerprint density at radius 2 is 1.82 bits per heavy atom. The van der Waals surface area contributed by atoms with E-state index in [2.05, 4.69) is 39.8 Å². The largest absolute Gasteiger partial charge is 0.469 e. The predicted molar refractivity (Wildman–Crippen MR) is 142 cm³/mol. The van der Waals surface area contributed by atoms with Gasteiger partial charge in [-0.05, 0) is 97.4 Å². The van der Waals surface area contributed by atoms with Crippen molar-refractivity contribution in [1.82, 2.24) is 5.16 Å². The average Bonchev–Trinajstić information content (AvgIpc) is 3.32. The van der Waals surface area contributed by atoms with Crippen LogP contribution in [0.25, 0.3) is 0 Å². The first-order chi connectivity index (χ1) is 17.8. The first-order valence-electron chi connectivity index (χ1n) is 14.5. The Morgan fingerprint density at radius 3 is 2.50 bits per heavy atom. The van der Waals surface area contributed by atoms with E-state index in [1.165, 1.54) is 12.7 Å². The minimum atomic E-state index is -0.763. The molecule has 0 radical (unpaired) electrons. The summed E-state index contributed by atoms with van der Waals surface area (Å²) in [7, 11) is 1.49. The number of nitrogens with zero attached hydrogens (tertiary/aromatic N) is 1. The number of carbonyl (C=O) groups is 3. The summed E-state index contributed by atoms with van der Waals surface area (Å²) in [5.41, 5.74) is 0.729. The Kier molecular flexibility index (Phi) is 5.42. The molecule has 6 rings (SSSR count). The number of hydrogen-bond donors (Lipinski definition) is 0. The zero-order chi connectivity index (χ0) is 27.5. The molecule has 5 aliphatic carbocycles. The second kappa shape index (κ2) is 7.91. The third-order valence-corrected chi connectivity index (χ3v) is 12.7. The molecule has 6 heteroatoms. The molecule has 5 aliphatic rings. The number of rotatable bonds is 2. The fraction of sp³-hybridized carbons (Fsp3) is 0.750. The molecule has 0 saturated heterocycles. The number of aldehydes is 1. The Hall–Kier alpha value is -2.24. The lowest BCUT2D eigenvalue weighted by Gasteiger charge is -2.68. The molecule has 1 unspecified atom stereocenters. The second-order valence-electron chi connectivity index (χ2n) is 15.0. The summed E-state index contributed by atoms with van der Waals surface area (Å²) < 4.78 is 10.9. The van der Waals surface area contributed by atoms with E-state index < -0.39 is 5.41 Å². The zero-order valence-electron chi connectivity index (χ0n) is 24.1. The van der Waals surface area contributed by atoms with Crippen LogP contribution in [0, 0.1) is 51.2 Å². The van der Waals surface area contributed by atoms with E-state index in [0.717, 1.165) is 56.8 Å². The summed E-state index contributed by atoms with van der Waals surface area (Å²) in [6.45, 7) is 13.5. The maximum absolute atomic E-state index is 14.4. The molecule has 38 heavy (non-hydrogen) atoms. The number of ketones is 1. The summed E-state index contributed by atoms with van der Waals surface area (Å²) >= 11 is 0. The van der Waals surface area contributed by atoms with Crippen LogP contribution in [-0.4, -0.2) is 30.3 Å². The van der Waals surface area contributed by atoms with Crippen molar-refractivity contribution in [2.75, 3.05) is 7.11 Å². The van der Waals surface area contributed by atoms with Crippen molar-refractivity contribution in [2.45, 2.75) is 91.9 Å². The predicted octanol–water partition coefficient (Wildman–Crippen LogP) is 5.88. The van der Waals surface area contributed by atoms with Crippen LogP contribution in [0.4, 0.5) is 0 Å². The van der Waals surface area contributed by atoms with Crippen molar-refractivity contribution in [3.63, 3.8) is 0 Å². The van der Waals surface area contributed by atoms with Gasteiger partial charge in [-0.25, -0.2) is 0 Å². The number of hydrogen-bond acceptors (Lipinski definition) is 6. The Morgan fingerprint density at radius 1 is 1.08 bits per heavy atom. The molecule has 0 amide bonds. The van der Waals surface area contributed by atoms with Crippen molar-refractivity contribution < 1.29 is 23.6 Å². The van der Waals surface area contributed by atoms with Crippen LogP contribution in [-0.2, 0) is 31.0 Å². The summed E-state index contributed by atoms with van der Waals surface area (Å²) in [6.07, 6.45) is 11.1. The van der Waals surface area contributed by atoms with Crippen LogP contribution in [0.1, 0.15) is 91.4 Å². The van der Waals surface area contributed by atoms with Gasteiger partial charge in [0.25, 0.3) is 0 Å². The van der Waals surface area contributed by atoms with Gasteiger partial charge in [0.15, 0.2) is 11.5 Å². The SMILES string of the molecule is COC(=O)[C@@H]1CC(C)(C)C[C@@H]2C1CC[C@]1(C)[C@@H]2C(=O)C=C2[C@@]3(C)Cc4cnoc4[C@@](C)(C=O)[C@@H]3CC[C@]21C. The quantitative estimate of drug-likeness (QED) is 0.357. The van der Waals surface area contributed by atoms with Gasteiger partial charge in [-0.3, -0.25) is 9.59 Å². The van der Waals surface area contributed by atoms with Gasteiger partial charge in [-0.1, -0.05) is 45.3 Å². The van der Waals surface area contributed by atoms with Gasteiger partial charge in [0, 0.05) is 11.5 Å². The molecule has 0 aromatic carbocycles. The summed E-state index contributed by atoms with van der Waals surface area (Å²) in [5, 5.41) is 4.08. The minimum absolute atomic E-state index is 0.0209. The van der Waals surface area contributed by atoms with E-state index in [1.54, 1.807) is 6.20 Å². The number of methoxy groups -OCH3 is 1. The Balaban J connectivity index is 1.48. The van der Waals surface area contributed by atoms with Crippen molar-refractivity contribution in [3.05, 3.63) is 29.2 Å². The average molecular weight is 522 g/mol. The van der Waals surface area contributed by atoms with E-state index >= 15 is 0 Å². The summed E-state index contributed by atoms with van der Waals surface area (Å²) in [4.78, 5) is 40.0. The highest BCUT2D eigenvalue weighted by Crippen LogP contribution is 2.73. The van der Waals surface area contributed by atoms with Gasteiger partial charge < -0.3 is 14.1 Å². The number of fused-ring (bicyclic) bond motifs is 8. The molecule has 0 bridgehead atoms. The van der Waals surface area contributed by atoms with Gasteiger partial charge in [0.2, 0.25) is 0 Å². The third kappa shape index (κ3) is 3.06. The minimum Gasteiger partial charge on any atom is -0.469 e. The standard InChI is InChI=1S/C32H43NO5/c1-28(2)14-20-19(21(15-28)27(36)37-7)8-10-32(6)25(20)22(35)12-24-29(3)13-18-16-33-38-26(18)30(4,17-34)23(29)9-11-31(24,32)5/h12,16-17,19-21,23,25H,8-11,13-15H2,1-7H3/t19?,20-,21-,23-,25+,29+,30+,31-,32-/m1/s1. The second-order valence-corrected chi connectivity index (χ2v) is 15.0. The first-order valence-corrected chi connectivity index (χ1v) is 14.5. The van der Waals surface area contributed by atoms with Crippen LogP contribution in [0.3, 0.4) is 0 Å². The monoisotopic (exact) mass is 521 g/mol. The normalized spacial score (nSPS) is 46.9. The molecular weight excluding hydrogens is 478 g/mol. The topological polar surface area (TPSA) is 86.5 Å². The highest BCUT2D eigenvalue weighted by atomic mass is 16.5. The van der Waals surface area contributed by atoms with Crippen molar-refractivity contribution in [2.24, 2.45) is 51.2 Å². The molecule has 1 aromatic heterocycles. The van der Waals surface area contributed by atoms with Gasteiger partial charge in [-0.15, -0.1) is 0 Å². The molecule has 6 nitrogen and oxygen atoms in total. The number of aromatic nitrogens is 1. The Bertz CT molecular complexity index is 1240. The Labute approximate surface area is 226 Å². The van der Waals surface area contributed by atoms with Gasteiger partial charge >= 0.3 is 5.97 Å². The first kappa shape index (κ1) is 26.0. The number of ether oxygens (including phenoxy) is 1. The lowest BCUT2D eigenvalue weighted by atomic mass is 9.35. The number of esters is 1. The molecule has 0 aliphatic heterocycles. The van der Waals surface area contributed by atoms with E-state index in [0.29, 0.717) is 5.76 Å². The molecule has 1 aromatic rings. The molecule has 0 N–H and O–H groups in total. The summed E-state index contributed by atoms with van der Waals surface area (Å²) in [5.74, 6) is 0.973. The lowest BCUT2D eigenvalue weighted by Crippen LogP contribution is -2.64. The van der Waals surface area contributed by atoms with Crippen LogP contribution in [0.5, 0.6) is 0 Å². The molecule has 3 saturated carbocycles. The van der Waals surface area contributed by atoms with Gasteiger partial charge in [0.1, 0.15) is 6.29 Å². The van der Waals surface area contributed by atoms with E-state index in [4.69, 9.17) is 9.26 Å². The zero-order valence-corrected chi connectivity index (χ0v) is 24.1. The molecule has 9 atom stereocenters. The van der Waals surface area contributed by atoms with Crippen molar-refractivity contribution in [3.8, 4) is 0 Å². The smallest absolute Gasteiger partial charge is 0.308 e. The lowest BCUT2D eigenvalue weighted by molar-refractivity contribution is -0.172. The maximum Gasteiger partial charge on any atom is 0.308 e. The molecule has 0 spiro atoms.